The lowest BCUT2D eigenvalue weighted by atomic mass is 10.4. The van der Waals surface area contributed by atoms with Crippen molar-refractivity contribution in [3.05, 3.63) is 0 Å². The molecule has 0 radical (unpaired) electrons. The predicted molar refractivity (Wildman–Crippen MR) is 77.8 cm³/mol. The topological polar surface area (TPSA) is 27.7 Å². The molecule has 0 aliphatic carbocycles. The number of rotatable bonds is 10. The Balaban J connectivity index is 4.69. The smallest absolute Gasteiger partial charge is 0.373 e. The molecule has 0 bridgehead atoms. The second kappa shape index (κ2) is 8.50. The highest BCUT2D eigenvalue weighted by Gasteiger charge is 2.48. The highest BCUT2D eigenvalue weighted by atomic mass is 35.5. The highest BCUT2D eigenvalue weighted by Crippen LogP contribution is 2.23. The van der Waals surface area contributed by atoms with Crippen molar-refractivity contribution < 1.29 is 17.8 Å². The summed E-state index contributed by atoms with van der Waals surface area (Å²) in [5, 5.41) is -0.185. The number of hydrogen-bond acceptors (Lipinski definition) is 3. The molecule has 0 aliphatic heterocycles. The number of alkyl halides is 1. The standard InChI is InChI=1S/C12H29ClNO3Si/c1-7-15-18(16-8-2,17-9-3)12(13)10-11-14(4,5)6/h12H,7-11H2,1-6H3/q+1. The van der Waals surface area contributed by atoms with Crippen LogP contribution < -0.4 is 0 Å². The Morgan fingerprint density at radius 3 is 1.61 bits per heavy atom. The molecule has 0 heterocycles. The van der Waals surface area contributed by atoms with Crippen LogP contribution in [0.25, 0.3) is 0 Å². The van der Waals surface area contributed by atoms with Gasteiger partial charge in [0.15, 0.2) is 0 Å². The summed E-state index contributed by atoms with van der Waals surface area (Å²) < 4.78 is 18.3. The van der Waals surface area contributed by atoms with E-state index < -0.39 is 8.80 Å². The van der Waals surface area contributed by atoms with Gasteiger partial charge < -0.3 is 17.8 Å². The average Bonchev–Trinajstić information content (AvgIpc) is 2.25. The Morgan fingerprint density at radius 2 is 1.33 bits per heavy atom. The summed E-state index contributed by atoms with van der Waals surface area (Å²) in [6.07, 6.45) is 0.831. The third-order valence-corrected chi connectivity index (χ3v) is 6.62. The summed E-state index contributed by atoms with van der Waals surface area (Å²) in [7, 11) is 3.70. The van der Waals surface area contributed by atoms with Gasteiger partial charge in [-0.1, -0.05) is 0 Å². The van der Waals surface area contributed by atoms with Gasteiger partial charge in [0.2, 0.25) is 0 Å². The van der Waals surface area contributed by atoms with Crippen molar-refractivity contribution in [3.63, 3.8) is 0 Å². The third kappa shape index (κ3) is 6.50. The minimum atomic E-state index is -2.74. The van der Waals surface area contributed by atoms with Crippen LogP contribution in [0.1, 0.15) is 27.2 Å². The zero-order valence-electron chi connectivity index (χ0n) is 12.7. The zero-order chi connectivity index (χ0) is 14.2. The summed E-state index contributed by atoms with van der Waals surface area (Å²) >= 11 is 6.52. The first-order valence-corrected chi connectivity index (χ1v) is 8.91. The number of halogens is 1. The monoisotopic (exact) mass is 298 g/mol. The van der Waals surface area contributed by atoms with Gasteiger partial charge in [0.1, 0.15) is 5.00 Å². The van der Waals surface area contributed by atoms with Gasteiger partial charge in [-0.15, -0.1) is 11.6 Å². The molecular weight excluding hydrogens is 270 g/mol. The molecule has 1 atom stereocenters. The first-order chi connectivity index (χ1) is 8.31. The maximum atomic E-state index is 6.52. The van der Waals surface area contributed by atoms with Crippen LogP contribution >= 0.6 is 11.6 Å². The summed E-state index contributed by atoms with van der Waals surface area (Å²) in [5.41, 5.74) is 0. The maximum Gasteiger partial charge on any atom is 0.520 e. The molecule has 1 unspecified atom stereocenters. The fourth-order valence-corrected chi connectivity index (χ4v) is 4.82. The molecule has 0 aliphatic rings. The maximum absolute atomic E-state index is 6.52. The van der Waals surface area contributed by atoms with Gasteiger partial charge in [-0.2, -0.15) is 0 Å². The molecule has 0 fully saturated rings. The molecule has 18 heavy (non-hydrogen) atoms. The normalized spacial score (nSPS) is 14.8. The van der Waals surface area contributed by atoms with Crippen LogP contribution in [0.2, 0.25) is 0 Å². The van der Waals surface area contributed by atoms with Gasteiger partial charge in [-0.05, 0) is 20.8 Å². The predicted octanol–water partition coefficient (Wildman–Crippen LogP) is 2.28. The second-order valence-electron chi connectivity index (χ2n) is 5.17. The molecule has 0 amide bonds. The van der Waals surface area contributed by atoms with E-state index in [0.717, 1.165) is 17.4 Å². The van der Waals surface area contributed by atoms with Crippen LogP contribution in [0, 0.1) is 0 Å². The van der Waals surface area contributed by atoms with Gasteiger partial charge in [0.25, 0.3) is 0 Å². The van der Waals surface area contributed by atoms with Crippen molar-refractivity contribution in [1.29, 1.82) is 0 Å². The van der Waals surface area contributed by atoms with E-state index in [4.69, 9.17) is 24.9 Å². The lowest BCUT2D eigenvalue weighted by molar-refractivity contribution is -0.870. The molecule has 0 saturated carbocycles. The van der Waals surface area contributed by atoms with E-state index in [0.29, 0.717) is 19.8 Å². The third-order valence-electron chi connectivity index (χ3n) is 2.47. The van der Waals surface area contributed by atoms with Crippen molar-refractivity contribution >= 4 is 20.4 Å². The van der Waals surface area contributed by atoms with E-state index in [1.165, 1.54) is 0 Å². The minimum absolute atomic E-state index is 0.185. The Hall–Kier alpha value is 0.347. The van der Waals surface area contributed by atoms with Crippen LogP contribution in [-0.4, -0.2) is 65.8 Å². The fourth-order valence-electron chi connectivity index (χ4n) is 1.68. The number of quaternary nitrogens is 1. The van der Waals surface area contributed by atoms with Crippen molar-refractivity contribution in [3.8, 4) is 0 Å². The Morgan fingerprint density at radius 1 is 0.944 bits per heavy atom. The molecule has 0 aromatic rings. The van der Waals surface area contributed by atoms with Gasteiger partial charge in [-0.25, -0.2) is 0 Å². The quantitative estimate of drug-likeness (QED) is 0.352. The molecule has 0 rings (SSSR count). The lowest BCUT2D eigenvalue weighted by Crippen LogP contribution is -2.55. The summed E-state index contributed by atoms with van der Waals surface area (Å²) in [4.78, 5) is 0. The van der Waals surface area contributed by atoms with Crippen molar-refractivity contribution in [2.75, 3.05) is 47.5 Å². The van der Waals surface area contributed by atoms with Gasteiger partial charge >= 0.3 is 8.80 Å². The van der Waals surface area contributed by atoms with Gasteiger partial charge in [0, 0.05) is 26.2 Å². The summed E-state index contributed by atoms with van der Waals surface area (Å²) in [6.45, 7) is 8.52. The van der Waals surface area contributed by atoms with Crippen molar-refractivity contribution in [1.82, 2.24) is 0 Å². The molecule has 0 saturated heterocycles. The van der Waals surface area contributed by atoms with Gasteiger partial charge in [0.05, 0.1) is 27.7 Å². The Kier molecular flexibility index (Phi) is 8.67. The zero-order valence-corrected chi connectivity index (χ0v) is 14.4. The van der Waals surface area contributed by atoms with E-state index in [1.807, 2.05) is 20.8 Å². The molecule has 0 aromatic heterocycles. The largest absolute Gasteiger partial charge is 0.520 e. The first-order valence-electron chi connectivity index (χ1n) is 6.67. The molecule has 6 heteroatoms. The van der Waals surface area contributed by atoms with Crippen molar-refractivity contribution in [2.45, 2.75) is 32.2 Å². The SMILES string of the molecule is CCO[Si](OCC)(OCC)C(Cl)CC[N+](C)(C)C. The first kappa shape index (κ1) is 18.3. The molecule has 0 aromatic carbocycles. The Labute approximate surface area is 118 Å². The molecule has 4 nitrogen and oxygen atoms in total. The van der Waals surface area contributed by atoms with Crippen LogP contribution in [0.5, 0.6) is 0 Å². The molecular formula is C12H29ClNO3Si+. The van der Waals surface area contributed by atoms with E-state index in [1.54, 1.807) is 0 Å². The molecule has 110 valence electrons. The fraction of sp³-hybridized carbons (Fsp3) is 1.00. The molecule has 0 N–H and O–H groups in total. The van der Waals surface area contributed by atoms with E-state index in [9.17, 15) is 0 Å². The van der Waals surface area contributed by atoms with Crippen LogP contribution in [0.15, 0.2) is 0 Å². The van der Waals surface area contributed by atoms with Crippen molar-refractivity contribution in [2.24, 2.45) is 0 Å². The van der Waals surface area contributed by atoms with E-state index >= 15 is 0 Å². The molecule has 0 spiro atoms. The highest BCUT2D eigenvalue weighted by molar-refractivity contribution is 6.71. The number of hydrogen-bond donors (Lipinski definition) is 0. The Bertz CT molecular complexity index is 207. The lowest BCUT2D eigenvalue weighted by Gasteiger charge is -2.33. The second-order valence-corrected chi connectivity index (χ2v) is 8.84. The van der Waals surface area contributed by atoms with Gasteiger partial charge in [-0.3, -0.25) is 0 Å². The van der Waals surface area contributed by atoms with Crippen LogP contribution in [0.4, 0.5) is 0 Å². The van der Waals surface area contributed by atoms with Crippen LogP contribution in [0.3, 0.4) is 0 Å². The van der Waals surface area contributed by atoms with E-state index in [2.05, 4.69) is 21.1 Å². The average molecular weight is 299 g/mol. The summed E-state index contributed by atoms with van der Waals surface area (Å²) in [5.74, 6) is 0. The van der Waals surface area contributed by atoms with E-state index in [-0.39, 0.29) is 5.00 Å². The summed E-state index contributed by atoms with van der Waals surface area (Å²) in [6, 6.07) is 0. The number of nitrogens with zero attached hydrogens (tertiary/aromatic N) is 1. The van der Waals surface area contributed by atoms with Crippen LogP contribution in [-0.2, 0) is 13.3 Å². The minimum Gasteiger partial charge on any atom is -0.373 e.